The Morgan fingerprint density at radius 3 is 2.25 bits per heavy atom. The second-order valence-corrected chi connectivity index (χ2v) is 23.6. The second-order valence-electron chi connectivity index (χ2n) is 22.3. The van der Waals surface area contributed by atoms with Gasteiger partial charge in [-0.1, -0.05) is 84.3 Å². The molecule has 4 N–H and O–H groups in total. The number of nitrogens with one attached hydrogen (secondary N) is 2. The summed E-state index contributed by atoms with van der Waals surface area (Å²) >= 11 is 7.80. The number of thiazole rings is 1. The number of aliphatic hydroxyl groups is 2. The van der Waals surface area contributed by atoms with Crippen molar-refractivity contribution in [2.24, 2.45) is 22.2 Å². The lowest BCUT2D eigenvalue weighted by atomic mass is 9.49. The molecule has 3 amide bonds. The molecule has 4 heterocycles. The largest absolute Gasteiger partial charge is 0.489 e. The first kappa shape index (κ1) is 55.3. The van der Waals surface area contributed by atoms with Crippen LogP contribution in [-0.2, 0) is 19.1 Å². The minimum Gasteiger partial charge on any atom is -0.489 e. The third-order valence-electron chi connectivity index (χ3n) is 15.1. The monoisotopic (exact) mass is 1040 g/mol. The van der Waals surface area contributed by atoms with Crippen LogP contribution in [0.2, 0.25) is 5.02 Å². The predicted molar refractivity (Wildman–Crippen MR) is 281 cm³/mol. The summed E-state index contributed by atoms with van der Waals surface area (Å²) in [7, 11) is 0. The van der Waals surface area contributed by atoms with Crippen LogP contribution in [-0.4, -0.2) is 136 Å². The van der Waals surface area contributed by atoms with Crippen molar-refractivity contribution in [1.29, 1.82) is 5.26 Å². The number of hydrogen-bond acceptors (Lipinski definition) is 14. The van der Waals surface area contributed by atoms with Crippen LogP contribution in [0.4, 0.5) is 5.82 Å². The number of ether oxygens (including phenoxy) is 2. The van der Waals surface area contributed by atoms with Gasteiger partial charge >= 0.3 is 0 Å². The highest BCUT2D eigenvalue weighted by molar-refractivity contribution is 7.13. The van der Waals surface area contributed by atoms with E-state index in [1.165, 1.54) is 16.2 Å². The highest BCUT2D eigenvalue weighted by atomic mass is 35.5. The first-order chi connectivity index (χ1) is 34.4. The summed E-state index contributed by atoms with van der Waals surface area (Å²) in [5, 5.41) is 36.8. The van der Waals surface area contributed by atoms with Gasteiger partial charge in [0.05, 0.1) is 57.6 Å². The van der Waals surface area contributed by atoms with Crippen molar-refractivity contribution in [1.82, 2.24) is 30.4 Å². The van der Waals surface area contributed by atoms with Gasteiger partial charge in [-0.25, -0.2) is 9.97 Å². The van der Waals surface area contributed by atoms with Crippen LogP contribution in [0, 0.1) is 40.4 Å². The standard InChI is InChI=1S/C55H71ClN8O8S/c1-32-26-62(46-18-16-38(25-58-46)48(68)61-51-54(7,8)52(55(51,9)10)72-41-17-15-37(24-57)43(56)23-41)27-33(2)63(32)19-20-71-30-40(67)21-42(53(4,5)6)50(70)64-28-39(66)22-45(64)49(69)60-44(29-65)35-11-13-36(14-12-35)47-34(3)59-31-73-47/h11-18,23,25,31-33,39,42,44-45,51-52,65-66H,19-22,26-30H2,1-10H3,(H,60,69)(H,61,68)/t32-,33+,39-,42?,44+,45?,51?,52?/m1/s1. The van der Waals surface area contributed by atoms with Crippen molar-refractivity contribution in [3.63, 3.8) is 0 Å². The van der Waals surface area contributed by atoms with Gasteiger partial charge < -0.3 is 40.1 Å². The number of nitriles is 1. The number of β-amino-alcohol motifs (C(OH)–C–C–N with tert-alkyl or cyclic N) is 1. The van der Waals surface area contributed by atoms with Gasteiger partial charge in [0, 0.05) is 86.2 Å². The number of carbonyl (C=O) groups is 4. The highest BCUT2D eigenvalue weighted by Gasteiger charge is 2.64. The number of ketones is 1. The molecule has 1 aliphatic carbocycles. The van der Waals surface area contributed by atoms with Crippen molar-refractivity contribution in [3.8, 4) is 22.3 Å². The van der Waals surface area contributed by atoms with Gasteiger partial charge in [-0.3, -0.25) is 24.1 Å². The maximum atomic E-state index is 14.3. The first-order valence-corrected chi connectivity index (χ1v) is 26.3. The zero-order valence-electron chi connectivity index (χ0n) is 43.6. The molecule has 0 spiro atoms. The topological polar surface area (TPSA) is 211 Å². The van der Waals surface area contributed by atoms with Crippen molar-refractivity contribution >= 4 is 52.3 Å². The molecule has 2 aliphatic heterocycles. The molecule has 4 aromatic rings. The van der Waals surface area contributed by atoms with Gasteiger partial charge in [-0.2, -0.15) is 5.26 Å². The van der Waals surface area contributed by atoms with E-state index >= 15 is 0 Å². The Bertz CT molecular complexity index is 2640. The number of rotatable bonds is 18. The number of piperazine rings is 1. The number of anilines is 1. The molecular weight excluding hydrogens is 968 g/mol. The number of carbonyl (C=O) groups excluding carboxylic acids is 4. The number of Topliss-reactive ketones (excluding diaryl/α,β-unsaturated/α-hetero) is 1. The average Bonchev–Trinajstić information content (AvgIpc) is 3.97. The molecular formula is C55H71ClN8O8S. The lowest BCUT2D eigenvalue weighted by Crippen LogP contribution is -2.74. The van der Waals surface area contributed by atoms with Crippen LogP contribution in [0.15, 0.2) is 66.3 Å². The summed E-state index contributed by atoms with van der Waals surface area (Å²) in [5.74, 6) is -0.754. The summed E-state index contributed by atoms with van der Waals surface area (Å²) < 4.78 is 12.3. The summed E-state index contributed by atoms with van der Waals surface area (Å²) in [6, 6.07) is 16.7. The van der Waals surface area contributed by atoms with E-state index in [9.17, 15) is 34.7 Å². The van der Waals surface area contributed by atoms with E-state index in [2.05, 4.69) is 73.0 Å². The van der Waals surface area contributed by atoms with Gasteiger partial charge in [0.25, 0.3) is 5.91 Å². The van der Waals surface area contributed by atoms with Crippen LogP contribution >= 0.6 is 22.9 Å². The summed E-state index contributed by atoms with van der Waals surface area (Å²) in [6.45, 7) is 21.8. The zero-order valence-corrected chi connectivity index (χ0v) is 45.2. The molecule has 7 rings (SSSR count). The Labute approximate surface area is 438 Å². The van der Waals surface area contributed by atoms with Crippen molar-refractivity contribution in [2.75, 3.05) is 50.9 Å². The molecule has 2 aromatic carbocycles. The van der Waals surface area contributed by atoms with E-state index in [4.69, 9.17) is 26.1 Å². The number of likely N-dealkylation sites (tertiary alicyclic amines) is 1. The molecule has 16 nitrogen and oxygen atoms in total. The lowest BCUT2D eigenvalue weighted by molar-refractivity contribution is -0.164. The van der Waals surface area contributed by atoms with E-state index in [1.807, 2.05) is 58.0 Å². The molecule has 0 bridgehead atoms. The molecule has 392 valence electrons. The molecule has 6 atom stereocenters. The number of amides is 3. The van der Waals surface area contributed by atoms with Gasteiger partial charge in [-0.05, 0) is 61.6 Å². The number of halogens is 1. The summed E-state index contributed by atoms with van der Waals surface area (Å²) in [6.07, 6.45) is 0.418. The van der Waals surface area contributed by atoms with E-state index in [0.29, 0.717) is 53.7 Å². The normalized spacial score (nSPS) is 23.5. The minimum absolute atomic E-state index is 0.0388. The zero-order chi connectivity index (χ0) is 53.2. The molecule has 2 saturated heterocycles. The van der Waals surface area contributed by atoms with Crippen LogP contribution < -0.4 is 20.3 Å². The number of hydrogen-bond donors (Lipinski definition) is 4. The third kappa shape index (κ3) is 12.2. The fourth-order valence-electron chi connectivity index (χ4n) is 11.4. The van der Waals surface area contributed by atoms with E-state index in [1.54, 1.807) is 36.0 Å². The molecule has 3 aliphatic rings. The van der Waals surface area contributed by atoms with Gasteiger partial charge in [0.2, 0.25) is 11.8 Å². The highest BCUT2D eigenvalue weighted by Crippen LogP contribution is 2.55. The molecule has 3 fully saturated rings. The van der Waals surface area contributed by atoms with Gasteiger partial charge in [0.15, 0.2) is 5.78 Å². The van der Waals surface area contributed by atoms with E-state index < -0.39 is 46.3 Å². The predicted octanol–water partition coefficient (Wildman–Crippen LogP) is 7.00. The Balaban J connectivity index is 0.867. The number of aliphatic hydroxyl groups excluding tert-OH is 2. The SMILES string of the molecule is Cc1ncsc1-c1ccc([C@H](CO)NC(=O)C2C[C@@H](O)CN2C(=O)C(CC(=O)COCCN2[C@H](C)CN(c3ccc(C(=O)NC4C(C)(C)C(Oc5ccc(C#N)c(Cl)c5)C4(C)C)cn3)C[C@@H]2C)C(C)(C)C)cc1. The van der Waals surface area contributed by atoms with Gasteiger partial charge in [-0.15, -0.1) is 11.3 Å². The molecule has 0 radical (unpaired) electrons. The maximum Gasteiger partial charge on any atom is 0.253 e. The number of benzene rings is 2. The van der Waals surface area contributed by atoms with E-state index in [-0.39, 0.29) is 74.4 Å². The second kappa shape index (κ2) is 22.6. The molecule has 73 heavy (non-hydrogen) atoms. The number of aryl methyl sites for hydroxylation is 1. The Morgan fingerprint density at radius 2 is 1.67 bits per heavy atom. The van der Waals surface area contributed by atoms with Crippen LogP contribution in [0.5, 0.6) is 5.75 Å². The summed E-state index contributed by atoms with van der Waals surface area (Å²) in [5.41, 5.74) is 3.75. The van der Waals surface area contributed by atoms with Crippen LogP contribution in [0.3, 0.4) is 0 Å². The molecule has 1 saturated carbocycles. The van der Waals surface area contributed by atoms with Crippen molar-refractivity contribution in [2.45, 2.75) is 124 Å². The minimum atomic E-state index is -0.976. The van der Waals surface area contributed by atoms with Crippen LogP contribution in [0.1, 0.15) is 108 Å². The number of pyridine rings is 1. The Morgan fingerprint density at radius 1 is 0.986 bits per heavy atom. The summed E-state index contributed by atoms with van der Waals surface area (Å²) in [4.78, 5) is 71.2. The third-order valence-corrected chi connectivity index (χ3v) is 16.4. The fourth-order valence-corrected chi connectivity index (χ4v) is 12.4. The van der Waals surface area contributed by atoms with Gasteiger partial charge in [0.1, 0.15) is 36.4 Å². The van der Waals surface area contributed by atoms with Crippen molar-refractivity contribution < 1.29 is 38.9 Å². The Hall–Kier alpha value is -5.48. The molecule has 2 aromatic heterocycles. The van der Waals surface area contributed by atoms with E-state index in [0.717, 1.165) is 22.0 Å². The fraction of sp³-hybridized carbons (Fsp3) is 0.545. The van der Waals surface area contributed by atoms with Crippen molar-refractivity contribution in [3.05, 3.63) is 93.7 Å². The molecule has 2 unspecified atom stereocenters. The number of aromatic nitrogens is 2. The smallest absolute Gasteiger partial charge is 0.253 e. The first-order valence-electron chi connectivity index (χ1n) is 25.1. The number of nitrogens with zero attached hydrogens (tertiary/aromatic N) is 6. The molecule has 18 heteroatoms. The Kier molecular flexibility index (Phi) is 17.1. The average molecular weight is 1040 g/mol. The quantitative estimate of drug-likeness (QED) is 0.0741. The maximum absolute atomic E-state index is 14.3. The lowest BCUT2D eigenvalue weighted by Gasteiger charge is -2.63. The van der Waals surface area contributed by atoms with Crippen LogP contribution in [0.25, 0.3) is 10.4 Å².